The first-order valence-corrected chi connectivity index (χ1v) is 14.3. The fourth-order valence-corrected chi connectivity index (χ4v) is 5.84. The van der Waals surface area contributed by atoms with Gasteiger partial charge >= 0.3 is 0 Å². The van der Waals surface area contributed by atoms with E-state index in [1.165, 1.54) is 22.5 Å². The lowest BCUT2D eigenvalue weighted by Crippen LogP contribution is -2.32. The van der Waals surface area contributed by atoms with Crippen LogP contribution in [0.25, 0.3) is 16.8 Å². The Labute approximate surface area is 240 Å². The maximum absolute atomic E-state index is 13.3. The quantitative estimate of drug-likeness (QED) is 0.197. The molecule has 1 amide bonds. The molecule has 4 nitrogen and oxygen atoms in total. The smallest absolute Gasteiger partial charge is 0.266 e. The van der Waals surface area contributed by atoms with Crippen molar-refractivity contribution in [2.45, 2.75) is 20.5 Å². The number of hydrogen-bond acceptors (Lipinski definition) is 4. The van der Waals surface area contributed by atoms with E-state index < -0.39 is 0 Å². The zero-order chi connectivity index (χ0) is 26.6. The van der Waals surface area contributed by atoms with Gasteiger partial charge in [0.05, 0.1) is 15.1 Å². The van der Waals surface area contributed by atoms with Crippen molar-refractivity contribution in [1.29, 1.82) is 0 Å². The van der Waals surface area contributed by atoms with Crippen molar-refractivity contribution in [3.05, 3.63) is 110 Å². The number of nitrogens with zero attached hydrogens (tertiary/aromatic N) is 2. The Kier molecular flexibility index (Phi) is 8.22. The molecule has 192 valence electrons. The molecule has 38 heavy (non-hydrogen) atoms. The van der Waals surface area contributed by atoms with Crippen LogP contribution in [0.3, 0.4) is 0 Å². The van der Waals surface area contributed by atoms with Gasteiger partial charge in [-0.2, -0.15) is 0 Å². The van der Waals surface area contributed by atoms with Crippen LogP contribution in [0.1, 0.15) is 25.0 Å². The Morgan fingerprint density at radius 2 is 1.79 bits per heavy atom. The predicted molar refractivity (Wildman–Crippen MR) is 163 cm³/mol. The highest BCUT2D eigenvalue weighted by molar-refractivity contribution is 9.10. The summed E-state index contributed by atoms with van der Waals surface area (Å²) in [5.74, 6) is 1.02. The molecule has 0 unspecified atom stereocenters. The highest BCUT2D eigenvalue weighted by atomic mass is 79.9. The van der Waals surface area contributed by atoms with E-state index in [9.17, 15) is 4.79 Å². The number of hydrogen-bond donors (Lipinski definition) is 0. The van der Waals surface area contributed by atoms with Crippen molar-refractivity contribution in [3.63, 3.8) is 0 Å². The van der Waals surface area contributed by atoms with Crippen molar-refractivity contribution in [2.75, 3.05) is 6.54 Å². The zero-order valence-electron chi connectivity index (χ0n) is 21.0. The molecule has 0 spiro atoms. The third-order valence-corrected chi connectivity index (χ3v) is 7.88. The van der Waals surface area contributed by atoms with Crippen LogP contribution in [0.4, 0.5) is 5.69 Å². The number of carbonyl (C=O) groups is 1. The van der Waals surface area contributed by atoms with Gasteiger partial charge in [-0.1, -0.05) is 74.0 Å². The van der Waals surface area contributed by atoms with E-state index in [1.54, 1.807) is 17.0 Å². The molecule has 5 rings (SSSR count). The van der Waals surface area contributed by atoms with Crippen molar-refractivity contribution in [1.82, 2.24) is 4.90 Å². The van der Waals surface area contributed by atoms with Crippen LogP contribution < -0.4 is 4.74 Å². The van der Waals surface area contributed by atoms with E-state index in [0.29, 0.717) is 34.2 Å². The number of amidine groups is 1. The molecule has 0 aliphatic carbocycles. The number of fused-ring (bicyclic) bond motifs is 1. The molecule has 7 heteroatoms. The summed E-state index contributed by atoms with van der Waals surface area (Å²) in [5.41, 5.74) is 2.80. The molecular weight excluding hydrogens is 580 g/mol. The average molecular weight is 606 g/mol. The molecule has 0 atom stereocenters. The summed E-state index contributed by atoms with van der Waals surface area (Å²) in [6.07, 6.45) is 1.91. The van der Waals surface area contributed by atoms with Gasteiger partial charge in [0.2, 0.25) is 0 Å². The van der Waals surface area contributed by atoms with Gasteiger partial charge in [-0.05, 0) is 98.0 Å². The lowest BCUT2D eigenvalue weighted by Gasteiger charge is -2.17. The molecule has 0 N–H and O–H groups in total. The first-order chi connectivity index (χ1) is 18.4. The summed E-state index contributed by atoms with van der Waals surface area (Å²) in [5, 5.41) is 3.70. The number of benzene rings is 4. The summed E-state index contributed by atoms with van der Waals surface area (Å²) in [7, 11) is 0. The van der Waals surface area contributed by atoms with Gasteiger partial charge in [-0.3, -0.25) is 9.69 Å². The number of halogens is 2. The van der Waals surface area contributed by atoms with Crippen molar-refractivity contribution in [2.24, 2.45) is 10.9 Å². The van der Waals surface area contributed by atoms with Crippen molar-refractivity contribution < 1.29 is 9.53 Å². The molecule has 4 aromatic rings. The molecule has 0 bridgehead atoms. The standard InChI is InChI=1S/C31H26BrClN2O2S/c1-20(2)18-35-30(36)29(38-31(35)34-25-13-11-24(33)12-14-25)17-21-10-15-28(27(32)16-21)37-19-23-8-5-7-22-6-3-4-9-26(22)23/h3-17,20H,18-19H2,1-2H3/b29-17-,34-31?. The SMILES string of the molecule is CC(C)CN1C(=O)/C(=C/c2ccc(OCc3cccc4ccccc34)c(Br)c2)SC1=Nc1ccc(Cl)cc1. The molecule has 0 saturated carbocycles. The minimum atomic E-state index is -0.0381. The molecule has 1 aliphatic heterocycles. The van der Waals surface area contributed by atoms with Gasteiger partial charge in [0.1, 0.15) is 12.4 Å². The van der Waals surface area contributed by atoms with Gasteiger partial charge in [0.15, 0.2) is 5.17 Å². The number of amides is 1. The van der Waals surface area contributed by atoms with Crippen LogP contribution >= 0.6 is 39.3 Å². The molecule has 0 aromatic heterocycles. The summed E-state index contributed by atoms with van der Waals surface area (Å²) < 4.78 is 6.98. The van der Waals surface area contributed by atoms with E-state index in [-0.39, 0.29) is 5.91 Å². The Bertz CT molecular complexity index is 1540. The van der Waals surface area contributed by atoms with E-state index in [0.717, 1.165) is 27.0 Å². The van der Waals surface area contributed by atoms with Gasteiger partial charge in [0, 0.05) is 11.6 Å². The Morgan fingerprint density at radius 3 is 2.55 bits per heavy atom. The van der Waals surface area contributed by atoms with Crippen LogP contribution in [0.5, 0.6) is 5.75 Å². The van der Waals surface area contributed by atoms with E-state index >= 15 is 0 Å². The topological polar surface area (TPSA) is 41.9 Å². The van der Waals surface area contributed by atoms with Gasteiger partial charge < -0.3 is 4.74 Å². The third kappa shape index (κ3) is 6.15. The summed E-state index contributed by atoms with van der Waals surface area (Å²) >= 11 is 11.1. The lowest BCUT2D eigenvalue weighted by atomic mass is 10.1. The number of rotatable bonds is 7. The van der Waals surface area contributed by atoms with E-state index in [4.69, 9.17) is 21.3 Å². The monoisotopic (exact) mass is 604 g/mol. The molecule has 4 aromatic carbocycles. The van der Waals surface area contributed by atoms with Gasteiger partial charge in [0.25, 0.3) is 5.91 Å². The fourth-order valence-electron chi connectivity index (χ4n) is 4.19. The normalized spacial score (nSPS) is 15.8. The van der Waals surface area contributed by atoms with Gasteiger partial charge in [-0.15, -0.1) is 0 Å². The van der Waals surface area contributed by atoms with E-state index in [1.807, 2.05) is 48.5 Å². The fraction of sp³-hybridized carbons (Fsp3) is 0.161. The second-order valence-corrected chi connectivity index (χ2v) is 11.7. The van der Waals surface area contributed by atoms with Crippen LogP contribution in [0, 0.1) is 5.92 Å². The minimum absolute atomic E-state index is 0.0381. The second-order valence-electron chi connectivity index (χ2n) is 9.41. The first kappa shape index (κ1) is 26.5. The summed E-state index contributed by atoms with van der Waals surface area (Å²) in [6, 6.07) is 27.7. The molecule has 1 heterocycles. The molecule has 1 fully saturated rings. The Hall–Kier alpha value is -3.06. The minimum Gasteiger partial charge on any atom is -0.488 e. The van der Waals surface area contributed by atoms with Crippen LogP contribution in [0.2, 0.25) is 5.02 Å². The zero-order valence-corrected chi connectivity index (χ0v) is 24.2. The van der Waals surface area contributed by atoms with Crippen LogP contribution in [-0.4, -0.2) is 22.5 Å². The molecule has 0 radical (unpaired) electrons. The van der Waals surface area contributed by atoms with Crippen molar-refractivity contribution >= 4 is 72.9 Å². The number of aliphatic imine (C=N–C) groups is 1. The van der Waals surface area contributed by atoms with E-state index in [2.05, 4.69) is 60.1 Å². The second kappa shape index (κ2) is 11.8. The average Bonchev–Trinajstić information content (AvgIpc) is 3.18. The summed E-state index contributed by atoms with van der Waals surface area (Å²) in [6.45, 7) is 5.24. The highest BCUT2D eigenvalue weighted by Gasteiger charge is 2.33. The molecule has 1 saturated heterocycles. The lowest BCUT2D eigenvalue weighted by molar-refractivity contribution is -0.122. The van der Waals surface area contributed by atoms with Crippen molar-refractivity contribution in [3.8, 4) is 5.75 Å². The maximum atomic E-state index is 13.3. The largest absolute Gasteiger partial charge is 0.488 e. The Balaban J connectivity index is 1.35. The maximum Gasteiger partial charge on any atom is 0.266 e. The van der Waals surface area contributed by atoms with Crippen LogP contribution in [-0.2, 0) is 11.4 Å². The summed E-state index contributed by atoms with van der Waals surface area (Å²) in [4.78, 5) is 20.4. The van der Waals surface area contributed by atoms with Crippen LogP contribution in [0.15, 0.2) is 99.3 Å². The first-order valence-electron chi connectivity index (χ1n) is 12.3. The molecule has 1 aliphatic rings. The Morgan fingerprint density at radius 1 is 1.03 bits per heavy atom. The number of thioether (sulfide) groups is 1. The highest BCUT2D eigenvalue weighted by Crippen LogP contribution is 2.36. The number of ether oxygens (including phenoxy) is 1. The molecular formula is C31H26BrClN2O2S. The number of carbonyl (C=O) groups excluding carboxylic acids is 1. The predicted octanol–water partition coefficient (Wildman–Crippen LogP) is 9.09. The van der Waals surface area contributed by atoms with Gasteiger partial charge in [-0.25, -0.2) is 4.99 Å². The third-order valence-electron chi connectivity index (χ3n) is 6.00.